The van der Waals surface area contributed by atoms with Crippen LogP contribution < -0.4 is 15.4 Å². The van der Waals surface area contributed by atoms with Crippen LogP contribution in [0.5, 0.6) is 5.88 Å². The highest BCUT2D eigenvalue weighted by atomic mass is 16.5. The van der Waals surface area contributed by atoms with Gasteiger partial charge < -0.3 is 15.4 Å². The highest BCUT2D eigenvalue weighted by Crippen LogP contribution is 2.29. The Bertz CT molecular complexity index is 741. The Morgan fingerprint density at radius 3 is 3.16 bits per heavy atom. The molecule has 0 aliphatic heterocycles. The fraction of sp³-hybridized carbons (Fsp3) is 0.500. The van der Waals surface area contributed by atoms with Crippen molar-refractivity contribution in [2.24, 2.45) is 5.92 Å². The van der Waals surface area contributed by atoms with Crippen LogP contribution in [0.3, 0.4) is 0 Å². The highest BCUT2D eigenvalue weighted by molar-refractivity contribution is 5.74. The van der Waals surface area contributed by atoms with Gasteiger partial charge in [0.1, 0.15) is 0 Å². The minimum absolute atomic E-state index is 0.00104. The number of hydrogen-bond donors (Lipinski definition) is 3. The van der Waals surface area contributed by atoms with E-state index in [1.165, 1.54) is 18.4 Å². The quantitative estimate of drug-likeness (QED) is 0.752. The monoisotopic (exact) mass is 341 g/mol. The van der Waals surface area contributed by atoms with Gasteiger partial charge in [0.2, 0.25) is 5.88 Å². The number of aromatic amines is 1. The molecule has 2 amide bonds. The first-order chi connectivity index (χ1) is 12.3. The van der Waals surface area contributed by atoms with Crippen molar-refractivity contribution < 1.29 is 9.53 Å². The Balaban J connectivity index is 1.28. The summed E-state index contributed by atoms with van der Waals surface area (Å²) >= 11 is 0. The second-order valence-electron chi connectivity index (χ2n) is 6.84. The fourth-order valence-corrected chi connectivity index (χ4v) is 3.13. The van der Waals surface area contributed by atoms with Crippen LogP contribution in [0.25, 0.3) is 0 Å². The Morgan fingerprint density at radius 2 is 2.28 bits per heavy atom. The Kier molecular flexibility index (Phi) is 4.54. The number of aromatic nitrogens is 3. The minimum Gasteiger partial charge on any atom is -0.477 e. The summed E-state index contributed by atoms with van der Waals surface area (Å²) in [6, 6.07) is 3.60. The molecule has 4 rings (SSSR count). The van der Waals surface area contributed by atoms with Gasteiger partial charge in [-0.25, -0.2) is 9.78 Å². The maximum absolute atomic E-state index is 12.2. The third kappa shape index (κ3) is 4.10. The molecule has 0 radical (unpaired) electrons. The lowest BCUT2D eigenvalue weighted by Gasteiger charge is -2.23. The third-order valence-corrected chi connectivity index (χ3v) is 4.76. The minimum atomic E-state index is -0.176. The molecule has 0 unspecified atom stereocenters. The molecule has 2 aromatic heterocycles. The smallest absolute Gasteiger partial charge is 0.315 e. The number of amides is 2. The number of carbonyl (C=O) groups excluding carboxylic acids is 1. The summed E-state index contributed by atoms with van der Waals surface area (Å²) in [5, 5.41) is 13.0. The molecule has 2 aliphatic carbocycles. The lowest BCUT2D eigenvalue weighted by Crippen LogP contribution is -2.38. The van der Waals surface area contributed by atoms with Crippen LogP contribution in [0.15, 0.2) is 24.5 Å². The van der Waals surface area contributed by atoms with Gasteiger partial charge in [0, 0.05) is 18.8 Å². The number of aryl methyl sites for hydroxylation is 1. The molecule has 25 heavy (non-hydrogen) atoms. The molecule has 0 spiro atoms. The summed E-state index contributed by atoms with van der Waals surface area (Å²) < 4.78 is 5.68. The predicted molar refractivity (Wildman–Crippen MR) is 92.1 cm³/mol. The van der Waals surface area contributed by atoms with Gasteiger partial charge in [-0.3, -0.25) is 5.10 Å². The topological polar surface area (TPSA) is 91.9 Å². The van der Waals surface area contributed by atoms with E-state index in [1.54, 1.807) is 6.20 Å². The van der Waals surface area contributed by atoms with Crippen LogP contribution in [0.4, 0.5) is 4.79 Å². The van der Waals surface area contributed by atoms with Crippen LogP contribution >= 0.6 is 0 Å². The van der Waals surface area contributed by atoms with Crippen LogP contribution in [0.2, 0.25) is 0 Å². The number of nitrogens with zero attached hydrogens (tertiary/aromatic N) is 2. The summed E-state index contributed by atoms with van der Waals surface area (Å²) in [6.45, 7) is 1.18. The predicted octanol–water partition coefficient (Wildman–Crippen LogP) is 2.47. The van der Waals surface area contributed by atoms with Gasteiger partial charge in [-0.2, -0.15) is 5.10 Å². The van der Waals surface area contributed by atoms with Crippen LogP contribution in [0.1, 0.15) is 48.5 Å². The van der Waals surface area contributed by atoms with Gasteiger partial charge in [-0.1, -0.05) is 0 Å². The molecule has 2 heterocycles. The summed E-state index contributed by atoms with van der Waals surface area (Å²) in [6.07, 6.45) is 9.07. The number of urea groups is 1. The van der Waals surface area contributed by atoms with E-state index in [-0.39, 0.29) is 12.1 Å². The molecule has 3 N–H and O–H groups in total. The lowest BCUT2D eigenvalue weighted by molar-refractivity contribution is 0.234. The van der Waals surface area contributed by atoms with Crippen molar-refractivity contribution >= 4 is 6.03 Å². The summed E-state index contributed by atoms with van der Waals surface area (Å²) in [5.41, 5.74) is 3.20. The van der Waals surface area contributed by atoms with E-state index in [4.69, 9.17) is 4.74 Å². The molecule has 7 nitrogen and oxygen atoms in total. The van der Waals surface area contributed by atoms with Gasteiger partial charge in [0.05, 0.1) is 24.5 Å². The van der Waals surface area contributed by atoms with Gasteiger partial charge in [-0.05, 0) is 55.2 Å². The molecule has 0 saturated heterocycles. The van der Waals surface area contributed by atoms with Gasteiger partial charge in [0.15, 0.2) is 0 Å². The summed E-state index contributed by atoms with van der Waals surface area (Å²) in [4.78, 5) is 16.4. The standard InChI is InChI=1S/C18H23N5O2/c24-18(22-15-3-1-2-14-10-21-23-17(14)15)20-9-13-6-7-19-16(8-13)25-11-12-4-5-12/h6-8,10,12,15H,1-5,9,11H2,(H,21,23)(H2,20,22,24)/t15-/m0/s1. The molecule has 1 saturated carbocycles. The van der Waals surface area contributed by atoms with Crippen LogP contribution in [-0.4, -0.2) is 27.8 Å². The molecular formula is C18H23N5O2. The Labute approximate surface area is 146 Å². The Morgan fingerprint density at radius 1 is 1.36 bits per heavy atom. The average Bonchev–Trinajstić information content (AvgIpc) is 3.33. The van der Waals surface area contributed by atoms with Crippen LogP contribution in [0, 0.1) is 5.92 Å². The number of ether oxygens (including phenoxy) is 1. The maximum atomic E-state index is 12.2. The number of hydrogen-bond acceptors (Lipinski definition) is 4. The molecule has 132 valence electrons. The number of H-pyrrole nitrogens is 1. The molecule has 1 atom stereocenters. The van der Waals surface area contributed by atoms with Gasteiger partial charge >= 0.3 is 6.03 Å². The summed E-state index contributed by atoms with van der Waals surface area (Å²) in [7, 11) is 0. The van der Waals surface area contributed by atoms with E-state index in [9.17, 15) is 4.79 Å². The molecule has 2 aromatic rings. The first-order valence-corrected chi connectivity index (χ1v) is 8.92. The zero-order valence-corrected chi connectivity index (χ0v) is 14.1. The van der Waals surface area contributed by atoms with E-state index in [0.717, 1.165) is 37.1 Å². The first kappa shape index (κ1) is 15.9. The van der Waals surface area contributed by atoms with Crippen molar-refractivity contribution in [2.45, 2.75) is 44.7 Å². The molecule has 7 heteroatoms. The fourth-order valence-electron chi connectivity index (χ4n) is 3.13. The maximum Gasteiger partial charge on any atom is 0.315 e. The second kappa shape index (κ2) is 7.13. The van der Waals surface area contributed by atoms with Gasteiger partial charge in [-0.15, -0.1) is 0 Å². The van der Waals surface area contributed by atoms with E-state index in [1.807, 2.05) is 18.3 Å². The van der Waals surface area contributed by atoms with Crippen molar-refractivity contribution in [1.82, 2.24) is 25.8 Å². The zero-order chi connectivity index (χ0) is 17.1. The SMILES string of the molecule is O=C(NCc1ccnc(OCC2CC2)c1)N[C@H]1CCCc2cn[nH]c21. The van der Waals surface area contributed by atoms with Crippen molar-refractivity contribution in [3.05, 3.63) is 41.3 Å². The second-order valence-corrected chi connectivity index (χ2v) is 6.84. The van der Waals surface area contributed by atoms with Crippen molar-refractivity contribution in [3.8, 4) is 5.88 Å². The number of fused-ring (bicyclic) bond motifs is 1. The lowest BCUT2D eigenvalue weighted by atomic mass is 9.94. The largest absolute Gasteiger partial charge is 0.477 e. The van der Waals surface area contributed by atoms with Crippen LogP contribution in [-0.2, 0) is 13.0 Å². The van der Waals surface area contributed by atoms with Gasteiger partial charge in [0.25, 0.3) is 0 Å². The number of rotatable bonds is 6. The Hall–Kier alpha value is -2.57. The first-order valence-electron chi connectivity index (χ1n) is 8.92. The molecule has 2 aliphatic rings. The normalized spacial score (nSPS) is 19.1. The molecule has 1 fully saturated rings. The van der Waals surface area contributed by atoms with Crippen molar-refractivity contribution in [3.63, 3.8) is 0 Å². The third-order valence-electron chi connectivity index (χ3n) is 4.76. The van der Waals surface area contributed by atoms with E-state index >= 15 is 0 Å². The molecule has 0 aromatic carbocycles. The highest BCUT2D eigenvalue weighted by Gasteiger charge is 2.23. The number of pyridine rings is 1. The number of carbonyl (C=O) groups is 1. The van der Waals surface area contributed by atoms with E-state index in [0.29, 0.717) is 18.3 Å². The zero-order valence-electron chi connectivity index (χ0n) is 14.1. The molecule has 0 bridgehead atoms. The van der Waals surface area contributed by atoms with E-state index in [2.05, 4.69) is 25.8 Å². The van der Waals surface area contributed by atoms with Crippen molar-refractivity contribution in [1.29, 1.82) is 0 Å². The number of nitrogens with one attached hydrogen (secondary N) is 3. The van der Waals surface area contributed by atoms with Crippen molar-refractivity contribution in [2.75, 3.05) is 6.61 Å². The van der Waals surface area contributed by atoms with E-state index < -0.39 is 0 Å². The average molecular weight is 341 g/mol. The molecular weight excluding hydrogens is 318 g/mol. The summed E-state index contributed by atoms with van der Waals surface area (Å²) in [5.74, 6) is 1.32.